The van der Waals surface area contributed by atoms with Crippen molar-refractivity contribution in [3.05, 3.63) is 41.5 Å². The third-order valence-electron chi connectivity index (χ3n) is 2.93. The van der Waals surface area contributed by atoms with Gasteiger partial charge >= 0.3 is 0 Å². The summed E-state index contributed by atoms with van der Waals surface area (Å²) in [6, 6.07) is 3.71. The van der Waals surface area contributed by atoms with Gasteiger partial charge in [0.1, 0.15) is 11.9 Å². The zero-order valence-corrected chi connectivity index (χ0v) is 12.4. The maximum Gasteiger partial charge on any atom is 0.138 e. The molecule has 0 aliphatic heterocycles. The topological polar surface area (TPSA) is 60.2 Å². The van der Waals surface area contributed by atoms with E-state index in [-0.39, 0.29) is 6.10 Å². The predicted molar refractivity (Wildman–Crippen MR) is 76.7 cm³/mol. The molecule has 0 aromatic carbocycles. The van der Waals surface area contributed by atoms with Crippen molar-refractivity contribution in [3.63, 3.8) is 0 Å². The first-order valence-electron chi connectivity index (χ1n) is 6.85. The van der Waals surface area contributed by atoms with E-state index in [0.29, 0.717) is 11.3 Å². The SMILES string of the molecule is CCn1nc(C)cc1C(O)c1cncc(OC(C)C)c1. The lowest BCUT2D eigenvalue weighted by atomic mass is 10.1. The molecule has 1 atom stereocenters. The highest BCUT2D eigenvalue weighted by Gasteiger charge is 2.17. The number of pyridine rings is 1. The van der Waals surface area contributed by atoms with Crippen molar-refractivity contribution in [2.75, 3.05) is 0 Å². The van der Waals surface area contributed by atoms with Crippen LogP contribution in [0.15, 0.2) is 24.5 Å². The molecule has 0 spiro atoms. The number of hydrogen-bond acceptors (Lipinski definition) is 4. The lowest BCUT2D eigenvalue weighted by molar-refractivity contribution is 0.204. The van der Waals surface area contributed by atoms with Crippen LogP contribution in [-0.4, -0.2) is 26.0 Å². The molecule has 20 heavy (non-hydrogen) atoms. The van der Waals surface area contributed by atoms with Crippen LogP contribution in [0, 0.1) is 6.92 Å². The lowest BCUT2D eigenvalue weighted by Crippen LogP contribution is -2.10. The number of aryl methyl sites for hydroxylation is 2. The molecule has 0 saturated heterocycles. The summed E-state index contributed by atoms with van der Waals surface area (Å²) in [5.74, 6) is 0.663. The molecule has 1 N–H and O–H groups in total. The fraction of sp³-hybridized carbons (Fsp3) is 0.467. The second-order valence-electron chi connectivity index (χ2n) is 5.05. The van der Waals surface area contributed by atoms with E-state index < -0.39 is 6.10 Å². The van der Waals surface area contributed by atoms with Gasteiger partial charge in [0.2, 0.25) is 0 Å². The van der Waals surface area contributed by atoms with Gasteiger partial charge in [-0.2, -0.15) is 5.10 Å². The minimum Gasteiger partial charge on any atom is -0.489 e. The first-order valence-corrected chi connectivity index (χ1v) is 6.85. The molecule has 0 amide bonds. The molecule has 5 nitrogen and oxygen atoms in total. The van der Waals surface area contributed by atoms with Crippen molar-refractivity contribution < 1.29 is 9.84 Å². The number of aliphatic hydroxyl groups is 1. The third kappa shape index (κ3) is 3.17. The number of hydrogen-bond donors (Lipinski definition) is 1. The summed E-state index contributed by atoms with van der Waals surface area (Å²) in [5.41, 5.74) is 2.37. The van der Waals surface area contributed by atoms with Crippen molar-refractivity contribution in [2.24, 2.45) is 0 Å². The van der Waals surface area contributed by atoms with Gasteiger partial charge in [-0.3, -0.25) is 9.67 Å². The normalized spacial score (nSPS) is 12.7. The quantitative estimate of drug-likeness (QED) is 0.910. The van der Waals surface area contributed by atoms with E-state index in [0.717, 1.165) is 17.9 Å². The molecule has 2 rings (SSSR count). The fourth-order valence-electron chi connectivity index (χ4n) is 2.13. The molecular weight excluding hydrogens is 254 g/mol. The van der Waals surface area contributed by atoms with Gasteiger partial charge in [0.25, 0.3) is 0 Å². The monoisotopic (exact) mass is 275 g/mol. The lowest BCUT2D eigenvalue weighted by Gasteiger charge is -2.14. The van der Waals surface area contributed by atoms with Crippen LogP contribution in [0.1, 0.15) is 43.8 Å². The third-order valence-corrected chi connectivity index (χ3v) is 2.93. The van der Waals surface area contributed by atoms with Gasteiger partial charge in [-0.15, -0.1) is 0 Å². The smallest absolute Gasteiger partial charge is 0.138 e. The largest absolute Gasteiger partial charge is 0.489 e. The van der Waals surface area contributed by atoms with Crippen molar-refractivity contribution in [2.45, 2.75) is 46.4 Å². The summed E-state index contributed by atoms with van der Waals surface area (Å²) in [7, 11) is 0. The molecule has 0 radical (unpaired) electrons. The van der Waals surface area contributed by atoms with Gasteiger partial charge in [0.15, 0.2) is 0 Å². The summed E-state index contributed by atoms with van der Waals surface area (Å²) in [4.78, 5) is 4.13. The zero-order chi connectivity index (χ0) is 14.7. The summed E-state index contributed by atoms with van der Waals surface area (Å²) < 4.78 is 7.41. The summed E-state index contributed by atoms with van der Waals surface area (Å²) in [6.45, 7) is 8.55. The molecule has 5 heteroatoms. The minimum absolute atomic E-state index is 0.0765. The van der Waals surface area contributed by atoms with Crippen LogP contribution in [-0.2, 0) is 6.54 Å². The van der Waals surface area contributed by atoms with E-state index in [9.17, 15) is 5.11 Å². The van der Waals surface area contributed by atoms with Crippen LogP contribution in [0.25, 0.3) is 0 Å². The highest BCUT2D eigenvalue weighted by molar-refractivity contribution is 5.30. The zero-order valence-electron chi connectivity index (χ0n) is 12.4. The molecule has 0 fully saturated rings. The van der Waals surface area contributed by atoms with Crippen molar-refractivity contribution in [1.29, 1.82) is 0 Å². The maximum absolute atomic E-state index is 10.5. The Morgan fingerprint density at radius 3 is 2.70 bits per heavy atom. The van der Waals surface area contributed by atoms with E-state index in [1.54, 1.807) is 17.1 Å². The number of aliphatic hydroxyl groups excluding tert-OH is 1. The van der Waals surface area contributed by atoms with Crippen LogP contribution in [0.2, 0.25) is 0 Å². The molecule has 2 aromatic rings. The second kappa shape index (κ2) is 6.05. The van der Waals surface area contributed by atoms with Crippen molar-refractivity contribution in [3.8, 4) is 5.75 Å². The van der Waals surface area contributed by atoms with Gasteiger partial charge in [0, 0.05) is 18.3 Å². The Morgan fingerprint density at radius 1 is 1.30 bits per heavy atom. The van der Waals surface area contributed by atoms with Crippen LogP contribution in [0.5, 0.6) is 5.75 Å². The Morgan fingerprint density at radius 2 is 2.05 bits per heavy atom. The molecule has 0 aliphatic rings. The van der Waals surface area contributed by atoms with Crippen LogP contribution in [0.4, 0.5) is 0 Å². The summed E-state index contributed by atoms with van der Waals surface area (Å²) in [6.07, 6.45) is 2.63. The molecule has 2 aromatic heterocycles. The maximum atomic E-state index is 10.5. The first kappa shape index (κ1) is 14.5. The molecule has 108 valence electrons. The average molecular weight is 275 g/mol. The highest BCUT2D eigenvalue weighted by Crippen LogP contribution is 2.25. The Balaban J connectivity index is 2.30. The molecule has 2 heterocycles. The molecule has 1 unspecified atom stereocenters. The number of nitrogens with zero attached hydrogens (tertiary/aromatic N) is 3. The van der Waals surface area contributed by atoms with E-state index in [1.165, 1.54) is 0 Å². The van der Waals surface area contributed by atoms with E-state index >= 15 is 0 Å². The number of ether oxygens (including phenoxy) is 1. The summed E-state index contributed by atoms with van der Waals surface area (Å²) >= 11 is 0. The van der Waals surface area contributed by atoms with E-state index in [1.807, 2.05) is 39.8 Å². The predicted octanol–water partition coefficient (Wildman–Crippen LogP) is 2.48. The van der Waals surface area contributed by atoms with E-state index in [2.05, 4.69) is 10.1 Å². The van der Waals surface area contributed by atoms with Gasteiger partial charge in [-0.25, -0.2) is 0 Å². The van der Waals surface area contributed by atoms with Gasteiger partial charge in [-0.1, -0.05) is 0 Å². The second-order valence-corrected chi connectivity index (χ2v) is 5.05. The highest BCUT2D eigenvalue weighted by atomic mass is 16.5. The number of rotatable bonds is 5. The molecule has 0 saturated carbocycles. The van der Waals surface area contributed by atoms with Crippen molar-refractivity contribution >= 4 is 0 Å². The number of aromatic nitrogens is 3. The Hall–Kier alpha value is -1.88. The molecular formula is C15H21N3O2. The van der Waals surface area contributed by atoms with Gasteiger partial charge in [-0.05, 0) is 39.8 Å². The minimum atomic E-state index is -0.751. The van der Waals surface area contributed by atoms with Crippen LogP contribution < -0.4 is 4.74 Å². The molecule has 0 bridgehead atoms. The van der Waals surface area contributed by atoms with E-state index in [4.69, 9.17) is 4.74 Å². The Labute approximate surface area is 119 Å². The van der Waals surface area contributed by atoms with Crippen LogP contribution >= 0.6 is 0 Å². The standard InChI is InChI=1S/C15H21N3O2/c1-5-18-14(6-11(4)17-18)15(19)12-7-13(9-16-8-12)20-10(2)3/h6-10,15,19H,5H2,1-4H3. The first-order chi connectivity index (χ1) is 9.51. The van der Waals surface area contributed by atoms with Crippen molar-refractivity contribution in [1.82, 2.24) is 14.8 Å². The molecule has 0 aliphatic carbocycles. The van der Waals surface area contributed by atoms with Gasteiger partial charge in [0.05, 0.1) is 23.7 Å². The Bertz CT molecular complexity index is 578. The van der Waals surface area contributed by atoms with Crippen LogP contribution in [0.3, 0.4) is 0 Å². The van der Waals surface area contributed by atoms with Gasteiger partial charge < -0.3 is 9.84 Å². The fourth-order valence-corrected chi connectivity index (χ4v) is 2.13. The Kier molecular flexibility index (Phi) is 4.39. The summed E-state index contributed by atoms with van der Waals surface area (Å²) in [5, 5.41) is 14.9. The average Bonchev–Trinajstić information content (AvgIpc) is 2.78.